The van der Waals surface area contributed by atoms with Crippen LogP contribution in [0.3, 0.4) is 0 Å². The Morgan fingerprint density at radius 1 is 0.865 bits per heavy atom. The van der Waals surface area contributed by atoms with Crippen molar-refractivity contribution in [3.05, 3.63) is 107 Å². The number of halogens is 2. The van der Waals surface area contributed by atoms with Crippen LogP contribution in [-0.4, -0.2) is 54.1 Å². The Morgan fingerprint density at radius 2 is 1.49 bits per heavy atom. The Bertz CT molecular complexity index is 1330. The van der Waals surface area contributed by atoms with E-state index in [1.807, 2.05) is 30.3 Å². The topological polar surface area (TPSA) is 52.8 Å². The molecule has 2 heterocycles. The van der Waals surface area contributed by atoms with Crippen LogP contribution in [0.25, 0.3) is 11.3 Å². The Kier molecular flexibility index (Phi) is 7.28. The van der Waals surface area contributed by atoms with Gasteiger partial charge in [-0.25, -0.2) is 8.78 Å². The lowest BCUT2D eigenvalue weighted by molar-refractivity contribution is 0.0730. The number of anilines is 1. The zero-order valence-electron chi connectivity index (χ0n) is 20.6. The molecular weight excluding hydrogens is 474 g/mol. The van der Waals surface area contributed by atoms with Crippen molar-refractivity contribution in [2.75, 3.05) is 38.1 Å². The number of hydrogen-bond acceptors (Lipinski definition) is 5. The van der Waals surface area contributed by atoms with Gasteiger partial charge in [-0.2, -0.15) is 0 Å². The van der Waals surface area contributed by atoms with Crippen molar-refractivity contribution >= 4 is 11.8 Å². The van der Waals surface area contributed by atoms with Gasteiger partial charge in [-0.1, -0.05) is 35.5 Å². The number of piperazine rings is 1. The van der Waals surface area contributed by atoms with Crippen molar-refractivity contribution in [3.8, 4) is 11.3 Å². The highest BCUT2D eigenvalue weighted by Crippen LogP contribution is 2.34. The first-order valence-corrected chi connectivity index (χ1v) is 12.2. The van der Waals surface area contributed by atoms with Gasteiger partial charge >= 0.3 is 0 Å². The van der Waals surface area contributed by atoms with Crippen molar-refractivity contribution in [2.45, 2.75) is 13.1 Å². The Morgan fingerprint density at radius 3 is 2.14 bits per heavy atom. The maximum absolute atomic E-state index is 13.7. The summed E-state index contributed by atoms with van der Waals surface area (Å²) in [6, 6.07) is 21.3. The van der Waals surface area contributed by atoms with Crippen LogP contribution in [0.2, 0.25) is 0 Å². The number of hydrogen-bond donors (Lipinski definition) is 0. The molecule has 1 saturated heterocycles. The van der Waals surface area contributed by atoms with E-state index >= 15 is 0 Å². The molecule has 6 nitrogen and oxygen atoms in total. The van der Waals surface area contributed by atoms with Gasteiger partial charge in [0.1, 0.15) is 17.3 Å². The lowest BCUT2D eigenvalue weighted by atomic mass is 10.0. The molecule has 37 heavy (non-hydrogen) atoms. The summed E-state index contributed by atoms with van der Waals surface area (Å²) in [5.74, 6) is -0.372. The molecule has 8 heteroatoms. The molecular formula is C29H28F2N4O2. The highest BCUT2D eigenvalue weighted by Gasteiger charge is 2.28. The molecule has 190 valence electrons. The maximum Gasteiger partial charge on any atom is 0.254 e. The molecule has 0 spiro atoms. The number of aromatic nitrogens is 1. The summed E-state index contributed by atoms with van der Waals surface area (Å²) in [6.07, 6.45) is 0. The first-order valence-electron chi connectivity index (χ1n) is 12.2. The smallest absolute Gasteiger partial charge is 0.254 e. The minimum atomic E-state index is -0.402. The summed E-state index contributed by atoms with van der Waals surface area (Å²) in [4.78, 5) is 19.8. The second-order valence-corrected chi connectivity index (χ2v) is 9.27. The fraction of sp³-hybridized carbons (Fsp3) is 0.241. The number of amides is 1. The Balaban J connectivity index is 1.55. The van der Waals surface area contributed by atoms with Crippen molar-refractivity contribution < 1.29 is 18.1 Å². The first-order chi connectivity index (χ1) is 18.0. The molecule has 1 aromatic heterocycles. The SMILES string of the molecule is CN1CCN(c2onc(-c3ccc(F)cc3)c2CN(Cc2ccccc2)C(=O)c2ccc(F)cc2)CC1. The molecule has 1 aliphatic rings. The first kappa shape index (κ1) is 24.6. The standard InChI is InChI=1S/C29H28F2N4O2/c1-33-15-17-34(18-16-33)29-26(27(32-37-29)22-7-11-24(30)12-8-22)20-35(19-21-5-3-2-4-6-21)28(36)23-9-13-25(31)14-10-23/h2-14H,15-20H2,1H3. The van der Waals surface area contributed by atoms with Crippen LogP contribution in [0.1, 0.15) is 21.5 Å². The van der Waals surface area contributed by atoms with E-state index in [1.165, 1.54) is 36.4 Å². The molecule has 0 saturated carbocycles. The van der Waals surface area contributed by atoms with E-state index in [0.717, 1.165) is 37.3 Å². The van der Waals surface area contributed by atoms with Crippen LogP contribution in [0.4, 0.5) is 14.7 Å². The molecule has 0 atom stereocenters. The summed E-state index contributed by atoms with van der Waals surface area (Å²) in [6.45, 7) is 3.80. The number of carbonyl (C=O) groups excluding carboxylic acids is 1. The third-order valence-electron chi connectivity index (χ3n) is 6.62. The average molecular weight is 503 g/mol. The second kappa shape index (κ2) is 10.9. The largest absolute Gasteiger partial charge is 0.338 e. The summed E-state index contributed by atoms with van der Waals surface area (Å²) < 4.78 is 33.1. The van der Waals surface area contributed by atoms with Crippen LogP contribution < -0.4 is 4.90 Å². The predicted octanol–water partition coefficient (Wildman–Crippen LogP) is 5.21. The van der Waals surface area contributed by atoms with E-state index in [-0.39, 0.29) is 18.3 Å². The molecule has 1 amide bonds. The van der Waals surface area contributed by atoms with E-state index in [1.54, 1.807) is 17.0 Å². The minimum Gasteiger partial charge on any atom is -0.338 e. The van der Waals surface area contributed by atoms with Crippen LogP contribution in [-0.2, 0) is 13.1 Å². The quantitative estimate of drug-likeness (QED) is 0.347. The average Bonchev–Trinajstić information content (AvgIpc) is 3.33. The highest BCUT2D eigenvalue weighted by molar-refractivity contribution is 5.94. The number of benzene rings is 3. The number of carbonyl (C=O) groups is 1. The fourth-order valence-corrected chi connectivity index (χ4v) is 4.50. The molecule has 0 unspecified atom stereocenters. The van der Waals surface area contributed by atoms with Crippen LogP contribution in [0.5, 0.6) is 0 Å². The van der Waals surface area contributed by atoms with Crippen molar-refractivity contribution in [1.29, 1.82) is 0 Å². The second-order valence-electron chi connectivity index (χ2n) is 9.27. The van der Waals surface area contributed by atoms with Crippen molar-refractivity contribution in [2.24, 2.45) is 0 Å². The third-order valence-corrected chi connectivity index (χ3v) is 6.62. The fourth-order valence-electron chi connectivity index (χ4n) is 4.50. The Labute approximate surface area is 214 Å². The van der Waals surface area contributed by atoms with E-state index in [2.05, 4.69) is 22.0 Å². The molecule has 5 rings (SSSR count). The number of nitrogens with zero attached hydrogens (tertiary/aromatic N) is 4. The lowest BCUT2D eigenvalue weighted by Crippen LogP contribution is -2.44. The van der Waals surface area contributed by atoms with Gasteiger partial charge in [0.2, 0.25) is 5.88 Å². The number of likely N-dealkylation sites (N-methyl/N-ethyl adjacent to an activating group) is 1. The number of rotatable bonds is 7. The molecule has 0 N–H and O–H groups in total. The highest BCUT2D eigenvalue weighted by atomic mass is 19.1. The summed E-state index contributed by atoms with van der Waals surface area (Å²) >= 11 is 0. The van der Waals surface area contributed by atoms with Gasteiger partial charge in [0.25, 0.3) is 5.91 Å². The van der Waals surface area contributed by atoms with Gasteiger partial charge in [0, 0.05) is 43.9 Å². The van der Waals surface area contributed by atoms with E-state index in [9.17, 15) is 13.6 Å². The molecule has 3 aromatic carbocycles. The zero-order chi connectivity index (χ0) is 25.8. The molecule has 1 aliphatic heterocycles. The van der Waals surface area contributed by atoms with E-state index in [4.69, 9.17) is 4.52 Å². The van der Waals surface area contributed by atoms with Gasteiger partial charge < -0.3 is 19.2 Å². The van der Waals surface area contributed by atoms with Gasteiger partial charge in [-0.05, 0) is 61.1 Å². The summed E-state index contributed by atoms with van der Waals surface area (Å²) in [5.41, 5.74) is 3.37. The van der Waals surface area contributed by atoms with Gasteiger partial charge in [0.15, 0.2) is 0 Å². The monoisotopic (exact) mass is 502 g/mol. The van der Waals surface area contributed by atoms with Crippen LogP contribution in [0, 0.1) is 11.6 Å². The van der Waals surface area contributed by atoms with Crippen LogP contribution >= 0.6 is 0 Å². The van der Waals surface area contributed by atoms with Gasteiger partial charge in [0.05, 0.1) is 12.1 Å². The summed E-state index contributed by atoms with van der Waals surface area (Å²) in [5, 5.41) is 4.37. The molecule has 0 bridgehead atoms. The van der Waals surface area contributed by atoms with Crippen molar-refractivity contribution in [1.82, 2.24) is 15.0 Å². The van der Waals surface area contributed by atoms with E-state index < -0.39 is 5.82 Å². The van der Waals surface area contributed by atoms with Gasteiger partial charge in [-0.3, -0.25) is 4.79 Å². The van der Waals surface area contributed by atoms with Crippen molar-refractivity contribution in [3.63, 3.8) is 0 Å². The summed E-state index contributed by atoms with van der Waals surface area (Å²) in [7, 11) is 2.07. The normalized spacial score (nSPS) is 14.1. The Hall–Kier alpha value is -4.04. The molecule has 4 aromatic rings. The maximum atomic E-state index is 13.7. The molecule has 1 fully saturated rings. The van der Waals surface area contributed by atoms with Gasteiger partial charge in [-0.15, -0.1) is 0 Å². The lowest BCUT2D eigenvalue weighted by Gasteiger charge is -2.33. The van der Waals surface area contributed by atoms with E-state index in [0.29, 0.717) is 29.2 Å². The zero-order valence-corrected chi connectivity index (χ0v) is 20.6. The molecule has 0 aliphatic carbocycles. The minimum absolute atomic E-state index is 0.211. The molecule has 0 radical (unpaired) electrons. The van der Waals surface area contributed by atoms with Crippen LogP contribution in [0.15, 0.2) is 83.4 Å². The third kappa shape index (κ3) is 5.70. The predicted molar refractivity (Wildman–Crippen MR) is 138 cm³/mol.